The Morgan fingerprint density at radius 1 is 0.857 bits per heavy atom. The molecule has 0 aliphatic heterocycles. The van der Waals surface area contributed by atoms with E-state index in [1.165, 1.54) is 51.4 Å². The predicted octanol–water partition coefficient (Wildman–Crippen LogP) is 6.20. The first-order chi connectivity index (χ1) is 13.5. The summed E-state index contributed by atoms with van der Waals surface area (Å²) in [6.07, 6.45) is 13.1. The molecule has 0 bridgehead atoms. The van der Waals surface area contributed by atoms with Gasteiger partial charge in [0.2, 0.25) is 0 Å². The lowest BCUT2D eigenvalue weighted by Gasteiger charge is -2.60. The number of benzene rings is 1. The van der Waals surface area contributed by atoms with E-state index >= 15 is 0 Å². The molecule has 1 heteroatoms. The second kappa shape index (κ2) is 6.63. The van der Waals surface area contributed by atoms with Crippen molar-refractivity contribution in [3.63, 3.8) is 0 Å². The highest BCUT2D eigenvalue weighted by Crippen LogP contribution is 2.68. The molecule has 0 radical (unpaired) electrons. The summed E-state index contributed by atoms with van der Waals surface area (Å²) in [5.41, 5.74) is 0.738. The molecule has 0 amide bonds. The quantitative estimate of drug-likeness (QED) is 0.534. The Morgan fingerprint density at radius 2 is 1.64 bits per heavy atom. The standard InChI is InChI=1S/C27H36O/c1-25-16-7-6-10-21(25)11-12-22-23(25)14-17-26(2)24(22)15-19-27(26,28)18-13-20-8-4-3-5-9-20/h3-5,8-9,21-24,28H,6-7,10-12,14-17,19H2,1-2H3/t21-,22+,23-,24-,25-,26-,27-/m0/s1. The molecule has 5 rings (SSSR count). The van der Waals surface area contributed by atoms with E-state index in [0.717, 1.165) is 36.2 Å². The Kier molecular flexibility index (Phi) is 4.44. The molecule has 4 saturated carbocycles. The van der Waals surface area contributed by atoms with Gasteiger partial charge in [-0.15, -0.1) is 0 Å². The van der Waals surface area contributed by atoms with Crippen LogP contribution in [0.15, 0.2) is 30.3 Å². The molecule has 1 nitrogen and oxygen atoms in total. The van der Waals surface area contributed by atoms with Crippen molar-refractivity contribution in [3.05, 3.63) is 35.9 Å². The zero-order valence-corrected chi connectivity index (χ0v) is 17.7. The fourth-order valence-electron chi connectivity index (χ4n) is 8.21. The predicted molar refractivity (Wildman–Crippen MR) is 115 cm³/mol. The highest BCUT2D eigenvalue weighted by atomic mass is 16.3. The summed E-state index contributed by atoms with van der Waals surface area (Å²) < 4.78 is 0. The summed E-state index contributed by atoms with van der Waals surface area (Å²) in [6.45, 7) is 5.00. The van der Waals surface area contributed by atoms with Gasteiger partial charge in [-0.1, -0.05) is 56.7 Å². The maximum atomic E-state index is 11.7. The third-order valence-electron chi connectivity index (χ3n) is 9.92. The second-order valence-electron chi connectivity index (χ2n) is 10.9. The van der Waals surface area contributed by atoms with Crippen LogP contribution in [0.25, 0.3) is 0 Å². The number of hydrogen-bond donors (Lipinski definition) is 1. The molecule has 0 heterocycles. The van der Waals surface area contributed by atoms with Gasteiger partial charge in [0.1, 0.15) is 5.60 Å². The third kappa shape index (κ3) is 2.64. The summed E-state index contributed by atoms with van der Waals surface area (Å²) >= 11 is 0. The van der Waals surface area contributed by atoms with Crippen LogP contribution in [-0.4, -0.2) is 10.7 Å². The van der Waals surface area contributed by atoms with E-state index in [1.54, 1.807) is 0 Å². The summed E-state index contributed by atoms with van der Waals surface area (Å²) in [5, 5.41) is 11.7. The maximum Gasteiger partial charge on any atom is 0.131 e. The molecule has 28 heavy (non-hydrogen) atoms. The molecule has 0 saturated heterocycles. The van der Waals surface area contributed by atoms with Crippen LogP contribution in [0.2, 0.25) is 0 Å². The summed E-state index contributed by atoms with van der Waals surface area (Å²) in [5.74, 6) is 10.0. The van der Waals surface area contributed by atoms with Gasteiger partial charge >= 0.3 is 0 Å². The lowest BCUT2D eigenvalue weighted by atomic mass is 9.44. The van der Waals surface area contributed by atoms with Crippen LogP contribution in [0.5, 0.6) is 0 Å². The van der Waals surface area contributed by atoms with Gasteiger partial charge in [0.05, 0.1) is 0 Å². The summed E-state index contributed by atoms with van der Waals surface area (Å²) in [7, 11) is 0. The number of fused-ring (bicyclic) bond motifs is 5. The highest BCUT2D eigenvalue weighted by molar-refractivity contribution is 5.38. The first-order valence-corrected chi connectivity index (χ1v) is 11.8. The van der Waals surface area contributed by atoms with E-state index in [0.29, 0.717) is 11.3 Å². The van der Waals surface area contributed by atoms with Crippen molar-refractivity contribution in [1.29, 1.82) is 0 Å². The van der Waals surface area contributed by atoms with Crippen molar-refractivity contribution < 1.29 is 5.11 Å². The summed E-state index contributed by atoms with van der Waals surface area (Å²) in [4.78, 5) is 0. The van der Waals surface area contributed by atoms with Gasteiger partial charge in [-0.2, -0.15) is 0 Å². The van der Waals surface area contributed by atoms with Gasteiger partial charge < -0.3 is 5.11 Å². The molecule has 150 valence electrons. The number of aliphatic hydroxyl groups is 1. The van der Waals surface area contributed by atoms with Crippen LogP contribution in [0, 0.1) is 46.3 Å². The SMILES string of the molecule is C[C@]12CCCC[C@H]1CC[C@@H]1[C@@H]2CC[C@@]2(C)[C@H]1CC[C@@]2(O)C#Cc1ccccc1. The minimum atomic E-state index is -0.817. The lowest BCUT2D eigenvalue weighted by Crippen LogP contribution is -2.55. The summed E-state index contributed by atoms with van der Waals surface area (Å²) in [6, 6.07) is 10.2. The Balaban J connectivity index is 1.43. The van der Waals surface area contributed by atoms with Crippen LogP contribution in [0.3, 0.4) is 0 Å². The largest absolute Gasteiger partial charge is 0.377 e. The van der Waals surface area contributed by atoms with E-state index < -0.39 is 5.60 Å². The van der Waals surface area contributed by atoms with Crippen molar-refractivity contribution in [2.24, 2.45) is 34.5 Å². The van der Waals surface area contributed by atoms with Crippen LogP contribution >= 0.6 is 0 Å². The van der Waals surface area contributed by atoms with Crippen LogP contribution in [-0.2, 0) is 0 Å². The zero-order valence-electron chi connectivity index (χ0n) is 17.7. The Hall–Kier alpha value is -1.26. The minimum Gasteiger partial charge on any atom is -0.377 e. The zero-order chi connectivity index (χ0) is 19.4. The van der Waals surface area contributed by atoms with E-state index in [9.17, 15) is 5.11 Å². The molecular weight excluding hydrogens is 340 g/mol. The van der Waals surface area contributed by atoms with E-state index in [-0.39, 0.29) is 5.41 Å². The molecule has 4 aliphatic rings. The second-order valence-corrected chi connectivity index (χ2v) is 10.9. The molecule has 1 aromatic rings. The Morgan fingerprint density at radius 3 is 2.46 bits per heavy atom. The molecule has 0 unspecified atom stereocenters. The Labute approximate surface area is 171 Å². The van der Waals surface area contributed by atoms with Gasteiger partial charge in [0.15, 0.2) is 0 Å². The van der Waals surface area contributed by atoms with E-state index in [4.69, 9.17) is 0 Å². The Bertz CT molecular complexity index is 787. The minimum absolute atomic E-state index is 0.0339. The lowest BCUT2D eigenvalue weighted by molar-refractivity contribution is -0.134. The first-order valence-electron chi connectivity index (χ1n) is 11.8. The fraction of sp³-hybridized carbons (Fsp3) is 0.704. The van der Waals surface area contributed by atoms with Crippen molar-refractivity contribution in [2.45, 2.75) is 83.7 Å². The van der Waals surface area contributed by atoms with Crippen LogP contribution < -0.4 is 0 Å². The number of hydrogen-bond acceptors (Lipinski definition) is 1. The molecule has 0 aromatic heterocycles. The maximum absolute atomic E-state index is 11.7. The van der Waals surface area contributed by atoms with Gasteiger partial charge in [-0.25, -0.2) is 0 Å². The average molecular weight is 377 g/mol. The number of rotatable bonds is 0. The highest BCUT2D eigenvalue weighted by Gasteiger charge is 2.64. The van der Waals surface area contributed by atoms with Crippen molar-refractivity contribution in [2.75, 3.05) is 0 Å². The molecule has 4 fully saturated rings. The van der Waals surface area contributed by atoms with E-state index in [1.807, 2.05) is 30.3 Å². The smallest absolute Gasteiger partial charge is 0.131 e. The van der Waals surface area contributed by atoms with Crippen LogP contribution in [0.4, 0.5) is 0 Å². The normalized spacial score (nSPS) is 47.2. The van der Waals surface area contributed by atoms with Gasteiger partial charge in [-0.3, -0.25) is 0 Å². The van der Waals surface area contributed by atoms with E-state index in [2.05, 4.69) is 25.7 Å². The molecule has 7 atom stereocenters. The van der Waals surface area contributed by atoms with Crippen molar-refractivity contribution in [3.8, 4) is 11.8 Å². The molecule has 1 N–H and O–H groups in total. The van der Waals surface area contributed by atoms with Crippen molar-refractivity contribution >= 4 is 0 Å². The van der Waals surface area contributed by atoms with Crippen molar-refractivity contribution in [1.82, 2.24) is 0 Å². The topological polar surface area (TPSA) is 20.2 Å². The fourth-order valence-corrected chi connectivity index (χ4v) is 8.21. The first kappa shape index (κ1) is 18.7. The average Bonchev–Trinajstić information content (AvgIpc) is 2.98. The van der Waals surface area contributed by atoms with Gasteiger partial charge in [0.25, 0.3) is 0 Å². The molecular formula is C27H36O. The molecule has 0 spiro atoms. The molecule has 1 aromatic carbocycles. The van der Waals surface area contributed by atoms with Crippen LogP contribution in [0.1, 0.15) is 83.6 Å². The van der Waals surface area contributed by atoms with Gasteiger partial charge in [0, 0.05) is 11.0 Å². The third-order valence-corrected chi connectivity index (χ3v) is 9.92. The molecule has 4 aliphatic carbocycles. The monoisotopic (exact) mass is 376 g/mol. The van der Waals surface area contributed by atoms with Gasteiger partial charge in [-0.05, 0) is 92.6 Å².